The third-order valence-electron chi connectivity index (χ3n) is 3.35. The Labute approximate surface area is 96.5 Å². The fourth-order valence-corrected chi connectivity index (χ4v) is 2.26. The van der Waals surface area contributed by atoms with Crippen molar-refractivity contribution in [3.8, 4) is 11.5 Å². The number of hydrogen-bond donors (Lipinski definition) is 1. The minimum atomic E-state index is 0.276. The van der Waals surface area contributed by atoms with Crippen LogP contribution >= 0.6 is 0 Å². The van der Waals surface area contributed by atoms with Gasteiger partial charge in [-0.15, -0.1) is 0 Å². The highest BCUT2D eigenvalue weighted by Crippen LogP contribution is 2.50. The lowest BCUT2D eigenvalue weighted by molar-refractivity contribution is 0.354. The molecule has 16 heavy (non-hydrogen) atoms. The number of methoxy groups -OCH3 is 2. The largest absolute Gasteiger partial charge is 0.493 e. The molecule has 0 heterocycles. The molecule has 3 atom stereocenters. The van der Waals surface area contributed by atoms with Crippen LogP contribution in [0.4, 0.5) is 0 Å². The second-order valence-electron chi connectivity index (χ2n) is 4.48. The van der Waals surface area contributed by atoms with Crippen LogP contribution in [0.3, 0.4) is 0 Å². The van der Waals surface area contributed by atoms with E-state index in [1.165, 1.54) is 12.0 Å². The minimum absolute atomic E-state index is 0.276. The Bertz CT molecular complexity index is 376. The first kappa shape index (κ1) is 11.3. The van der Waals surface area contributed by atoms with Crippen LogP contribution in [0, 0.1) is 5.92 Å². The zero-order chi connectivity index (χ0) is 11.7. The summed E-state index contributed by atoms with van der Waals surface area (Å²) in [5.74, 6) is 2.80. The van der Waals surface area contributed by atoms with Gasteiger partial charge in [-0.1, -0.05) is 6.07 Å². The maximum absolute atomic E-state index is 5.90. The van der Waals surface area contributed by atoms with Crippen LogP contribution < -0.4 is 15.2 Å². The summed E-state index contributed by atoms with van der Waals surface area (Å²) >= 11 is 0. The number of nitrogens with two attached hydrogens (primary N) is 1. The lowest BCUT2D eigenvalue weighted by Gasteiger charge is -2.10. The third-order valence-corrected chi connectivity index (χ3v) is 3.35. The smallest absolute Gasteiger partial charge is 0.160 e. The molecule has 1 aromatic rings. The Hall–Kier alpha value is -1.22. The highest BCUT2D eigenvalue weighted by atomic mass is 16.5. The molecule has 0 unspecified atom stereocenters. The molecule has 1 aliphatic carbocycles. The molecule has 0 radical (unpaired) electrons. The summed E-state index contributed by atoms with van der Waals surface area (Å²) in [6.07, 6.45) is 1.19. The maximum atomic E-state index is 5.90. The zero-order valence-corrected chi connectivity index (χ0v) is 10.1. The van der Waals surface area contributed by atoms with Crippen molar-refractivity contribution in [3.63, 3.8) is 0 Å². The van der Waals surface area contributed by atoms with Crippen molar-refractivity contribution in [1.82, 2.24) is 0 Å². The topological polar surface area (TPSA) is 44.5 Å². The lowest BCUT2D eigenvalue weighted by Crippen LogP contribution is -2.17. The summed E-state index contributed by atoms with van der Waals surface area (Å²) < 4.78 is 10.5. The van der Waals surface area contributed by atoms with E-state index < -0.39 is 0 Å². The molecular formula is C13H19NO2. The van der Waals surface area contributed by atoms with Crippen LogP contribution in [0.1, 0.15) is 24.8 Å². The van der Waals surface area contributed by atoms with Gasteiger partial charge in [-0.05, 0) is 42.9 Å². The van der Waals surface area contributed by atoms with Crippen LogP contribution in [-0.4, -0.2) is 20.3 Å². The molecule has 0 bridgehead atoms. The number of rotatable bonds is 4. The van der Waals surface area contributed by atoms with E-state index in [0.29, 0.717) is 11.8 Å². The molecule has 0 aliphatic heterocycles. The normalized spacial score (nSPS) is 25.0. The van der Waals surface area contributed by atoms with Gasteiger partial charge in [0, 0.05) is 6.04 Å². The van der Waals surface area contributed by atoms with Crippen molar-refractivity contribution in [2.75, 3.05) is 14.2 Å². The van der Waals surface area contributed by atoms with Gasteiger partial charge in [-0.2, -0.15) is 0 Å². The predicted molar refractivity (Wildman–Crippen MR) is 64.0 cm³/mol. The number of ether oxygens (including phenoxy) is 2. The fraction of sp³-hybridized carbons (Fsp3) is 0.538. The molecule has 3 nitrogen and oxygen atoms in total. The van der Waals surface area contributed by atoms with Crippen molar-refractivity contribution >= 4 is 0 Å². The van der Waals surface area contributed by atoms with Crippen molar-refractivity contribution in [3.05, 3.63) is 23.8 Å². The van der Waals surface area contributed by atoms with Gasteiger partial charge in [-0.25, -0.2) is 0 Å². The first-order valence-corrected chi connectivity index (χ1v) is 5.65. The summed E-state index contributed by atoms with van der Waals surface area (Å²) in [7, 11) is 3.32. The standard InChI is InChI=1S/C13H19NO2/c1-8(14)10-7-11(10)9-4-5-12(15-2)13(6-9)16-3/h4-6,8,10-11H,7,14H2,1-3H3/t8-,10+,11+/m0/s1. The Kier molecular flexibility index (Phi) is 3.06. The van der Waals surface area contributed by atoms with E-state index in [-0.39, 0.29) is 6.04 Å². The quantitative estimate of drug-likeness (QED) is 0.847. The lowest BCUT2D eigenvalue weighted by atomic mass is 10.1. The Morgan fingerprint density at radius 1 is 1.25 bits per heavy atom. The molecule has 0 spiro atoms. The fourth-order valence-electron chi connectivity index (χ4n) is 2.26. The molecule has 1 fully saturated rings. The van der Waals surface area contributed by atoms with E-state index in [0.717, 1.165) is 11.5 Å². The van der Waals surface area contributed by atoms with E-state index in [1.807, 2.05) is 6.07 Å². The van der Waals surface area contributed by atoms with E-state index in [2.05, 4.69) is 19.1 Å². The number of benzene rings is 1. The summed E-state index contributed by atoms with van der Waals surface area (Å²) in [5, 5.41) is 0. The Balaban J connectivity index is 2.18. The van der Waals surface area contributed by atoms with Crippen molar-refractivity contribution in [2.24, 2.45) is 11.7 Å². The van der Waals surface area contributed by atoms with Gasteiger partial charge in [-0.3, -0.25) is 0 Å². The first-order chi connectivity index (χ1) is 7.67. The monoisotopic (exact) mass is 221 g/mol. The highest BCUT2D eigenvalue weighted by molar-refractivity contribution is 5.45. The van der Waals surface area contributed by atoms with E-state index >= 15 is 0 Å². The van der Waals surface area contributed by atoms with Crippen LogP contribution in [0.25, 0.3) is 0 Å². The predicted octanol–water partition coefficient (Wildman–Crippen LogP) is 2.15. The molecule has 3 heteroatoms. The van der Waals surface area contributed by atoms with Gasteiger partial charge < -0.3 is 15.2 Å². The molecule has 1 saturated carbocycles. The van der Waals surface area contributed by atoms with E-state index in [9.17, 15) is 0 Å². The molecule has 2 rings (SSSR count). The summed E-state index contributed by atoms with van der Waals surface area (Å²) in [5.41, 5.74) is 7.20. The highest BCUT2D eigenvalue weighted by Gasteiger charge is 2.40. The molecule has 0 aromatic heterocycles. The van der Waals surface area contributed by atoms with Gasteiger partial charge in [0.2, 0.25) is 0 Å². The SMILES string of the molecule is COc1ccc([C@H]2C[C@@H]2[C@H](C)N)cc1OC. The zero-order valence-electron chi connectivity index (χ0n) is 10.1. The molecule has 88 valence electrons. The van der Waals surface area contributed by atoms with Crippen LogP contribution in [0.15, 0.2) is 18.2 Å². The van der Waals surface area contributed by atoms with Gasteiger partial charge in [0.15, 0.2) is 11.5 Å². The molecular weight excluding hydrogens is 202 g/mol. The molecule has 1 aliphatic rings. The Morgan fingerprint density at radius 2 is 1.94 bits per heavy atom. The van der Waals surface area contributed by atoms with Gasteiger partial charge in [0.1, 0.15) is 0 Å². The van der Waals surface area contributed by atoms with E-state index in [4.69, 9.17) is 15.2 Å². The molecule has 1 aromatic carbocycles. The average molecular weight is 221 g/mol. The van der Waals surface area contributed by atoms with Crippen LogP contribution in [0.2, 0.25) is 0 Å². The second-order valence-corrected chi connectivity index (χ2v) is 4.48. The van der Waals surface area contributed by atoms with Gasteiger partial charge in [0.25, 0.3) is 0 Å². The minimum Gasteiger partial charge on any atom is -0.493 e. The van der Waals surface area contributed by atoms with Crippen LogP contribution in [-0.2, 0) is 0 Å². The van der Waals surface area contributed by atoms with Crippen LogP contribution in [0.5, 0.6) is 11.5 Å². The van der Waals surface area contributed by atoms with Crippen molar-refractivity contribution < 1.29 is 9.47 Å². The molecule has 2 N–H and O–H groups in total. The maximum Gasteiger partial charge on any atom is 0.160 e. The summed E-state index contributed by atoms with van der Waals surface area (Å²) in [6, 6.07) is 6.41. The summed E-state index contributed by atoms with van der Waals surface area (Å²) in [6.45, 7) is 2.07. The first-order valence-electron chi connectivity index (χ1n) is 5.65. The molecule has 0 amide bonds. The number of hydrogen-bond acceptors (Lipinski definition) is 3. The third kappa shape index (κ3) is 2.00. The van der Waals surface area contributed by atoms with Crippen molar-refractivity contribution in [2.45, 2.75) is 25.3 Å². The average Bonchev–Trinajstić information content (AvgIpc) is 3.08. The van der Waals surface area contributed by atoms with Crippen molar-refractivity contribution in [1.29, 1.82) is 0 Å². The summed E-state index contributed by atoms with van der Waals surface area (Å²) in [4.78, 5) is 0. The molecule has 0 saturated heterocycles. The Morgan fingerprint density at radius 3 is 2.44 bits per heavy atom. The van der Waals surface area contributed by atoms with Gasteiger partial charge in [0.05, 0.1) is 14.2 Å². The second kappa shape index (κ2) is 4.34. The van der Waals surface area contributed by atoms with E-state index in [1.54, 1.807) is 14.2 Å². The van der Waals surface area contributed by atoms with Gasteiger partial charge >= 0.3 is 0 Å².